The maximum absolute atomic E-state index is 4.81. The van der Waals surface area contributed by atoms with Crippen LogP contribution in [0.5, 0.6) is 0 Å². The van der Waals surface area contributed by atoms with E-state index in [-0.39, 0.29) is 6.04 Å². The van der Waals surface area contributed by atoms with E-state index in [1.54, 1.807) is 0 Å². The molecule has 0 spiro atoms. The Hall–Kier alpha value is -3.44. The summed E-state index contributed by atoms with van der Waals surface area (Å²) >= 11 is 0. The molecule has 5 heteroatoms. The van der Waals surface area contributed by atoms with Gasteiger partial charge in [-0.1, -0.05) is 63.2 Å². The van der Waals surface area contributed by atoms with Crippen molar-refractivity contribution in [1.29, 1.82) is 0 Å². The normalized spacial score (nSPS) is 13.9. The highest BCUT2D eigenvalue weighted by molar-refractivity contribution is 6.04. The van der Waals surface area contributed by atoms with E-state index in [9.17, 15) is 0 Å². The molecule has 0 fully saturated rings. The summed E-state index contributed by atoms with van der Waals surface area (Å²) < 4.78 is 0. The summed E-state index contributed by atoms with van der Waals surface area (Å²) in [5.41, 5.74) is 6.71. The van der Waals surface area contributed by atoms with E-state index in [1.165, 1.54) is 27.5 Å². The van der Waals surface area contributed by atoms with Gasteiger partial charge in [0.2, 0.25) is 0 Å². The third-order valence-corrected chi connectivity index (χ3v) is 7.22. The van der Waals surface area contributed by atoms with Crippen molar-refractivity contribution in [3.8, 4) is 22.4 Å². The third kappa shape index (κ3) is 3.90. The molecular formula is C29H33N5. The van der Waals surface area contributed by atoms with Gasteiger partial charge in [-0.3, -0.25) is 4.90 Å². The largest absolute Gasteiger partial charge is 0.342 e. The van der Waals surface area contributed by atoms with Crippen molar-refractivity contribution in [3.63, 3.8) is 0 Å². The monoisotopic (exact) mass is 451 g/mol. The van der Waals surface area contributed by atoms with Crippen LogP contribution in [0.4, 0.5) is 0 Å². The minimum atomic E-state index is 0.230. The number of fused-ring (bicyclic) bond motifs is 2. The van der Waals surface area contributed by atoms with Gasteiger partial charge in [-0.25, -0.2) is 9.97 Å². The fraction of sp³-hybridized carbons (Fsp3) is 0.310. The molecule has 174 valence electrons. The predicted octanol–water partition coefficient (Wildman–Crippen LogP) is 7.16. The van der Waals surface area contributed by atoms with Gasteiger partial charge >= 0.3 is 0 Å². The van der Waals surface area contributed by atoms with Crippen LogP contribution in [0.15, 0.2) is 60.8 Å². The highest BCUT2D eigenvalue weighted by Gasteiger charge is 2.17. The number of rotatable bonds is 6. The van der Waals surface area contributed by atoms with Crippen molar-refractivity contribution in [1.82, 2.24) is 24.8 Å². The molecule has 34 heavy (non-hydrogen) atoms. The molecule has 0 saturated heterocycles. The topological polar surface area (TPSA) is 60.6 Å². The first-order chi connectivity index (χ1) is 16.3. The number of hydrogen-bond acceptors (Lipinski definition) is 3. The molecule has 3 aromatic carbocycles. The van der Waals surface area contributed by atoms with E-state index in [4.69, 9.17) is 9.97 Å². The quantitative estimate of drug-likeness (QED) is 0.288. The van der Waals surface area contributed by atoms with Gasteiger partial charge in [0.1, 0.15) is 11.6 Å². The van der Waals surface area contributed by atoms with Crippen molar-refractivity contribution in [3.05, 3.63) is 72.4 Å². The minimum Gasteiger partial charge on any atom is -0.342 e. The van der Waals surface area contributed by atoms with Gasteiger partial charge in [0.05, 0.1) is 29.0 Å². The molecule has 0 saturated carbocycles. The van der Waals surface area contributed by atoms with E-state index in [0.717, 1.165) is 28.4 Å². The molecule has 2 heterocycles. The van der Waals surface area contributed by atoms with Crippen LogP contribution < -0.4 is 0 Å². The average molecular weight is 452 g/mol. The average Bonchev–Trinajstić information content (AvgIpc) is 3.49. The molecule has 5 aromatic rings. The van der Waals surface area contributed by atoms with Crippen LogP contribution in [0, 0.1) is 5.92 Å². The fourth-order valence-corrected chi connectivity index (χ4v) is 4.46. The highest BCUT2D eigenvalue weighted by atomic mass is 15.1. The second kappa shape index (κ2) is 8.73. The summed E-state index contributed by atoms with van der Waals surface area (Å²) in [6, 6.07) is 19.8. The Balaban J connectivity index is 1.59. The number of imidazole rings is 2. The highest BCUT2D eigenvalue weighted by Crippen LogP contribution is 2.36. The van der Waals surface area contributed by atoms with Crippen molar-refractivity contribution in [2.75, 3.05) is 14.1 Å². The van der Waals surface area contributed by atoms with Crippen molar-refractivity contribution in [2.45, 2.75) is 39.7 Å². The summed E-state index contributed by atoms with van der Waals surface area (Å²) in [4.78, 5) is 18.8. The Kier molecular flexibility index (Phi) is 5.74. The Labute approximate surface area is 201 Å². The van der Waals surface area contributed by atoms with Crippen LogP contribution in [-0.4, -0.2) is 38.9 Å². The van der Waals surface area contributed by atoms with Gasteiger partial charge in [0, 0.05) is 11.5 Å². The zero-order valence-corrected chi connectivity index (χ0v) is 20.8. The third-order valence-electron chi connectivity index (χ3n) is 7.22. The van der Waals surface area contributed by atoms with Crippen molar-refractivity contribution in [2.24, 2.45) is 5.92 Å². The second-order valence-corrected chi connectivity index (χ2v) is 9.91. The number of aromatic amines is 2. The van der Waals surface area contributed by atoms with Gasteiger partial charge in [0.25, 0.3) is 0 Å². The van der Waals surface area contributed by atoms with Crippen LogP contribution in [0.2, 0.25) is 0 Å². The molecule has 0 radical (unpaired) electrons. The molecule has 0 aliphatic rings. The molecule has 2 aromatic heterocycles. The molecule has 5 rings (SSSR count). The zero-order valence-electron chi connectivity index (χ0n) is 20.8. The number of hydrogen-bond donors (Lipinski definition) is 2. The van der Waals surface area contributed by atoms with Crippen LogP contribution in [-0.2, 0) is 0 Å². The Bertz CT molecular complexity index is 1460. The Morgan fingerprint density at radius 2 is 1.50 bits per heavy atom. The molecule has 2 atom stereocenters. The molecule has 5 nitrogen and oxygen atoms in total. The number of H-pyrrole nitrogens is 2. The lowest BCUT2D eigenvalue weighted by atomic mass is 9.94. The Morgan fingerprint density at radius 1 is 0.794 bits per heavy atom. The van der Waals surface area contributed by atoms with Gasteiger partial charge in [-0.05, 0) is 61.0 Å². The van der Waals surface area contributed by atoms with Gasteiger partial charge < -0.3 is 9.97 Å². The smallest absolute Gasteiger partial charge is 0.124 e. The fourth-order valence-electron chi connectivity index (χ4n) is 4.46. The number of benzene rings is 3. The maximum Gasteiger partial charge on any atom is 0.124 e. The van der Waals surface area contributed by atoms with Crippen LogP contribution in [0.3, 0.4) is 0 Å². The second-order valence-electron chi connectivity index (χ2n) is 9.91. The van der Waals surface area contributed by atoms with Crippen molar-refractivity contribution >= 4 is 21.8 Å². The summed E-state index contributed by atoms with van der Waals surface area (Å²) in [5.74, 6) is 2.96. The van der Waals surface area contributed by atoms with E-state index >= 15 is 0 Å². The zero-order chi connectivity index (χ0) is 24.0. The van der Waals surface area contributed by atoms with E-state index in [0.29, 0.717) is 11.8 Å². The van der Waals surface area contributed by atoms with E-state index < -0.39 is 0 Å². The summed E-state index contributed by atoms with van der Waals surface area (Å²) in [7, 11) is 4.15. The molecular weight excluding hydrogens is 418 g/mol. The van der Waals surface area contributed by atoms with E-state index in [2.05, 4.69) is 111 Å². The first-order valence-electron chi connectivity index (χ1n) is 12.1. The van der Waals surface area contributed by atoms with Gasteiger partial charge in [0.15, 0.2) is 0 Å². The maximum atomic E-state index is 4.81. The Morgan fingerprint density at radius 3 is 2.21 bits per heavy atom. The van der Waals surface area contributed by atoms with Crippen LogP contribution in [0.25, 0.3) is 44.2 Å². The van der Waals surface area contributed by atoms with Crippen LogP contribution >= 0.6 is 0 Å². The SMILES string of the molecule is CC(C)C(C)c1ncc(-c2cccc3c(-c4ccc5nc(C(C)N(C)C)[nH]c5c4)cccc23)[nH]1. The standard InChI is InChI=1S/C29H33N5/c1-17(2)18(3)28-30-16-27(33-28)24-12-8-10-22-21(9-7-11-23(22)24)20-13-14-25-26(15-20)32-29(31-25)19(4)34(5)6/h7-19H,1-6H3,(H,30,33)(H,31,32). The first-order valence-corrected chi connectivity index (χ1v) is 12.1. The predicted molar refractivity (Wildman–Crippen MR) is 142 cm³/mol. The summed E-state index contributed by atoms with van der Waals surface area (Å²) in [6.07, 6.45) is 1.97. The van der Waals surface area contributed by atoms with Gasteiger partial charge in [-0.2, -0.15) is 0 Å². The molecule has 0 aliphatic heterocycles. The first kappa shape index (κ1) is 22.4. The molecule has 0 bridgehead atoms. The van der Waals surface area contributed by atoms with Crippen LogP contribution in [0.1, 0.15) is 51.3 Å². The molecule has 0 aliphatic carbocycles. The molecule has 0 amide bonds. The summed E-state index contributed by atoms with van der Waals surface area (Å²) in [5, 5.41) is 2.45. The number of nitrogens with zero attached hydrogens (tertiary/aromatic N) is 3. The minimum absolute atomic E-state index is 0.230. The number of nitrogens with one attached hydrogen (secondary N) is 2. The summed E-state index contributed by atoms with van der Waals surface area (Å²) in [6.45, 7) is 8.85. The number of aromatic nitrogens is 4. The lowest BCUT2D eigenvalue weighted by Gasteiger charge is -2.16. The molecule has 2 unspecified atom stereocenters. The molecule has 2 N–H and O–H groups in total. The lowest BCUT2D eigenvalue weighted by molar-refractivity contribution is 0.310. The van der Waals surface area contributed by atoms with Crippen molar-refractivity contribution < 1.29 is 0 Å². The van der Waals surface area contributed by atoms with E-state index in [1.807, 2.05) is 6.20 Å². The van der Waals surface area contributed by atoms with Gasteiger partial charge in [-0.15, -0.1) is 0 Å². The lowest BCUT2D eigenvalue weighted by Crippen LogP contribution is -2.17.